The molecule has 4 rings (SSSR count). The van der Waals surface area contributed by atoms with Crippen LogP contribution in [0.2, 0.25) is 0 Å². The second kappa shape index (κ2) is 10.2. The molecular weight excluding hydrogens is 479 g/mol. The van der Waals surface area contributed by atoms with E-state index in [1.165, 1.54) is 6.07 Å². The van der Waals surface area contributed by atoms with Crippen LogP contribution >= 0.6 is 0 Å². The van der Waals surface area contributed by atoms with Gasteiger partial charge in [0.05, 0.1) is 29.7 Å². The molecule has 2 heterocycles. The van der Waals surface area contributed by atoms with Crippen molar-refractivity contribution in [3.05, 3.63) is 59.2 Å². The first-order chi connectivity index (χ1) is 17.1. The molecule has 0 spiro atoms. The molecule has 2 N–H and O–H groups in total. The van der Waals surface area contributed by atoms with Crippen LogP contribution in [0.15, 0.2) is 42.5 Å². The Labute approximate surface area is 205 Å². The lowest BCUT2D eigenvalue weighted by molar-refractivity contribution is -0.137. The minimum Gasteiger partial charge on any atom is -0.490 e. The van der Waals surface area contributed by atoms with Gasteiger partial charge in [0, 0.05) is 25.3 Å². The Kier molecular flexibility index (Phi) is 7.21. The van der Waals surface area contributed by atoms with Crippen LogP contribution in [0.4, 0.5) is 18.9 Å². The standard InChI is InChI=1S/C25H26F3N3O5/c1-29-22(32)12-17-8-9-19-21(36-17)13-35-20-10-7-16(11-18(20)24(34)31(19)2)30-23(33)14-3-5-15(6-4-14)25(26,27)28/h3-7,10-11,17,19,21H,8-9,12-13H2,1-2H3,(H,29,32)(H,30,33)/t17-,19+,21-/m0/s1. The summed E-state index contributed by atoms with van der Waals surface area (Å²) in [5.41, 5.74) is -0.265. The predicted molar refractivity (Wildman–Crippen MR) is 124 cm³/mol. The maximum absolute atomic E-state index is 13.3. The summed E-state index contributed by atoms with van der Waals surface area (Å²) in [7, 11) is 3.24. The van der Waals surface area contributed by atoms with E-state index in [1.54, 1.807) is 31.1 Å². The summed E-state index contributed by atoms with van der Waals surface area (Å²) in [6.45, 7) is 0.177. The molecule has 3 amide bonds. The average Bonchev–Trinajstić information content (AvgIpc) is 2.86. The first-order valence-corrected chi connectivity index (χ1v) is 11.5. The van der Waals surface area contributed by atoms with E-state index in [0.717, 1.165) is 24.3 Å². The van der Waals surface area contributed by atoms with Crippen molar-refractivity contribution in [1.82, 2.24) is 10.2 Å². The maximum Gasteiger partial charge on any atom is 0.416 e. The van der Waals surface area contributed by atoms with E-state index in [0.29, 0.717) is 24.3 Å². The van der Waals surface area contributed by atoms with Gasteiger partial charge in [0.1, 0.15) is 18.5 Å². The number of carbonyl (C=O) groups is 3. The molecule has 2 aliphatic rings. The lowest BCUT2D eigenvalue weighted by atomic mass is 9.94. The smallest absolute Gasteiger partial charge is 0.416 e. The predicted octanol–water partition coefficient (Wildman–Crippen LogP) is 3.47. The van der Waals surface area contributed by atoms with Crippen molar-refractivity contribution < 1.29 is 37.0 Å². The highest BCUT2D eigenvalue weighted by Gasteiger charge is 2.39. The van der Waals surface area contributed by atoms with Crippen molar-refractivity contribution in [2.24, 2.45) is 0 Å². The van der Waals surface area contributed by atoms with Gasteiger partial charge in [0.25, 0.3) is 11.8 Å². The fourth-order valence-electron chi connectivity index (χ4n) is 4.43. The molecule has 11 heteroatoms. The number of amides is 3. The zero-order chi connectivity index (χ0) is 26.0. The van der Waals surface area contributed by atoms with E-state index in [9.17, 15) is 27.6 Å². The summed E-state index contributed by atoms with van der Waals surface area (Å²) in [5, 5.41) is 5.20. The van der Waals surface area contributed by atoms with Gasteiger partial charge >= 0.3 is 6.18 Å². The van der Waals surface area contributed by atoms with Crippen LogP contribution in [0.5, 0.6) is 5.75 Å². The van der Waals surface area contributed by atoms with Gasteiger partial charge in [-0.05, 0) is 55.3 Å². The molecule has 1 saturated heterocycles. The van der Waals surface area contributed by atoms with Gasteiger partial charge in [-0.1, -0.05) is 0 Å². The molecule has 0 unspecified atom stereocenters. The Hall–Kier alpha value is -3.60. The van der Waals surface area contributed by atoms with E-state index < -0.39 is 23.8 Å². The van der Waals surface area contributed by atoms with Gasteiger partial charge in [0.15, 0.2) is 0 Å². The van der Waals surface area contributed by atoms with Crippen molar-refractivity contribution in [3.63, 3.8) is 0 Å². The first kappa shape index (κ1) is 25.5. The number of hydrogen-bond acceptors (Lipinski definition) is 5. The fraction of sp³-hybridized carbons (Fsp3) is 0.400. The second-order valence-electron chi connectivity index (χ2n) is 8.79. The molecule has 2 aliphatic heterocycles. The summed E-state index contributed by atoms with van der Waals surface area (Å²) in [5.74, 6) is -0.737. The molecule has 0 saturated carbocycles. The number of rotatable bonds is 4. The molecule has 1 fully saturated rings. The normalized spacial score (nSPS) is 21.9. The fourth-order valence-corrected chi connectivity index (χ4v) is 4.43. The minimum atomic E-state index is -4.50. The number of alkyl halides is 3. The summed E-state index contributed by atoms with van der Waals surface area (Å²) < 4.78 is 50.3. The average molecular weight is 505 g/mol. The highest BCUT2D eigenvalue weighted by atomic mass is 19.4. The Balaban J connectivity index is 1.49. The number of ether oxygens (including phenoxy) is 2. The molecule has 2 aromatic carbocycles. The Morgan fingerprint density at radius 2 is 1.83 bits per heavy atom. The Morgan fingerprint density at radius 1 is 1.11 bits per heavy atom. The molecule has 8 nitrogen and oxygen atoms in total. The van der Waals surface area contributed by atoms with E-state index >= 15 is 0 Å². The van der Waals surface area contributed by atoms with E-state index in [4.69, 9.17) is 9.47 Å². The number of nitrogens with one attached hydrogen (secondary N) is 2. The SMILES string of the molecule is CNC(=O)C[C@@H]1CC[C@@H]2[C@H](COc3ccc(NC(=O)c4ccc(C(F)(F)F)cc4)cc3C(=O)N2C)O1. The molecule has 36 heavy (non-hydrogen) atoms. The Bertz CT molecular complexity index is 1150. The van der Waals surface area contributed by atoms with Crippen LogP contribution in [0.1, 0.15) is 45.5 Å². The lowest BCUT2D eigenvalue weighted by Crippen LogP contribution is -2.53. The highest BCUT2D eigenvalue weighted by molar-refractivity contribution is 6.05. The third-order valence-electron chi connectivity index (χ3n) is 6.44. The molecule has 3 atom stereocenters. The van der Waals surface area contributed by atoms with Crippen LogP contribution in [-0.2, 0) is 15.7 Å². The first-order valence-electron chi connectivity index (χ1n) is 11.5. The summed E-state index contributed by atoms with van der Waals surface area (Å²) >= 11 is 0. The number of benzene rings is 2. The Morgan fingerprint density at radius 3 is 2.50 bits per heavy atom. The van der Waals surface area contributed by atoms with Gasteiger partial charge in [-0.15, -0.1) is 0 Å². The topological polar surface area (TPSA) is 97.0 Å². The second-order valence-corrected chi connectivity index (χ2v) is 8.79. The molecule has 2 aromatic rings. The number of likely N-dealkylation sites (N-methyl/N-ethyl adjacent to an activating group) is 1. The molecule has 0 aliphatic carbocycles. The van der Waals surface area contributed by atoms with Gasteiger partial charge in [-0.2, -0.15) is 13.2 Å². The highest BCUT2D eigenvalue weighted by Crippen LogP contribution is 2.33. The number of carbonyl (C=O) groups excluding carboxylic acids is 3. The van der Waals surface area contributed by atoms with Crippen molar-refractivity contribution in [2.45, 2.75) is 43.7 Å². The van der Waals surface area contributed by atoms with E-state index in [1.807, 2.05) is 0 Å². The third-order valence-corrected chi connectivity index (χ3v) is 6.44. The summed E-state index contributed by atoms with van der Waals surface area (Å²) in [6.07, 6.45) is -3.69. The van der Waals surface area contributed by atoms with Gasteiger partial charge < -0.3 is 25.0 Å². The maximum atomic E-state index is 13.3. The van der Waals surface area contributed by atoms with Gasteiger partial charge in [-0.25, -0.2) is 0 Å². The van der Waals surface area contributed by atoms with Crippen molar-refractivity contribution >= 4 is 23.4 Å². The van der Waals surface area contributed by atoms with E-state index in [-0.39, 0.29) is 48.1 Å². The minimum absolute atomic E-state index is 0.0444. The quantitative estimate of drug-likeness (QED) is 0.664. The molecule has 0 aromatic heterocycles. The number of fused-ring (bicyclic) bond motifs is 2. The number of nitrogens with zero attached hydrogens (tertiary/aromatic N) is 1. The van der Waals surface area contributed by atoms with Crippen molar-refractivity contribution in [1.29, 1.82) is 0 Å². The zero-order valence-corrected chi connectivity index (χ0v) is 19.7. The molecular formula is C25H26F3N3O5. The number of anilines is 1. The van der Waals surface area contributed by atoms with Crippen LogP contribution in [0.3, 0.4) is 0 Å². The van der Waals surface area contributed by atoms with E-state index in [2.05, 4.69) is 10.6 Å². The van der Waals surface area contributed by atoms with Gasteiger partial charge in [-0.3, -0.25) is 14.4 Å². The van der Waals surface area contributed by atoms with Crippen LogP contribution < -0.4 is 15.4 Å². The van der Waals surface area contributed by atoms with Crippen LogP contribution in [0, 0.1) is 0 Å². The lowest BCUT2D eigenvalue weighted by Gasteiger charge is -2.42. The molecule has 0 radical (unpaired) electrons. The molecule has 192 valence electrons. The largest absolute Gasteiger partial charge is 0.490 e. The third kappa shape index (κ3) is 5.46. The monoisotopic (exact) mass is 505 g/mol. The van der Waals surface area contributed by atoms with Crippen LogP contribution in [-0.4, -0.2) is 61.6 Å². The summed E-state index contributed by atoms with van der Waals surface area (Å²) in [6, 6.07) is 8.18. The zero-order valence-electron chi connectivity index (χ0n) is 19.7. The number of hydrogen-bond donors (Lipinski definition) is 2. The van der Waals surface area contributed by atoms with Crippen molar-refractivity contribution in [2.75, 3.05) is 26.0 Å². The summed E-state index contributed by atoms with van der Waals surface area (Å²) in [4.78, 5) is 39.2. The van der Waals surface area contributed by atoms with Crippen LogP contribution in [0.25, 0.3) is 0 Å². The molecule has 0 bridgehead atoms. The van der Waals surface area contributed by atoms with Crippen molar-refractivity contribution in [3.8, 4) is 5.75 Å². The number of halogens is 3. The van der Waals surface area contributed by atoms with Gasteiger partial charge in [0.2, 0.25) is 5.91 Å².